The molecule has 0 fully saturated rings. The number of nitrogens with zero attached hydrogens (tertiary/aromatic N) is 5. The number of hydrogen-bond donors (Lipinski definition) is 0. The van der Waals surface area contributed by atoms with E-state index in [1.807, 2.05) is 84.7 Å². The summed E-state index contributed by atoms with van der Waals surface area (Å²) in [7, 11) is 1.98. The van der Waals surface area contributed by atoms with Crippen LogP contribution in [0, 0.1) is 12.1 Å². The van der Waals surface area contributed by atoms with E-state index in [1.165, 1.54) is 11.1 Å². The second kappa shape index (κ2) is 13.1. The SMILES string of the molecule is CCc1cccc(CC)c1-n1cc(-c2[c-]cccc2)nc1Oc1[c-]c(N(c2ccccc2)c2nccn2C)ccc1.[Pt+2]. The van der Waals surface area contributed by atoms with E-state index >= 15 is 0 Å². The number of rotatable bonds is 9. The molecule has 0 aliphatic rings. The Hall–Kier alpha value is -4.41. The normalized spacial score (nSPS) is 10.7. The fourth-order valence-electron chi connectivity index (χ4n) is 5.04. The summed E-state index contributed by atoms with van der Waals surface area (Å²) >= 11 is 0. The summed E-state index contributed by atoms with van der Waals surface area (Å²) < 4.78 is 10.6. The molecule has 0 unspecified atom stereocenters. The molecule has 6 rings (SSSR count). The predicted molar refractivity (Wildman–Crippen MR) is 163 cm³/mol. The molecular formula is C35H31N5OPt. The van der Waals surface area contributed by atoms with Crippen molar-refractivity contribution in [2.24, 2.45) is 7.05 Å². The topological polar surface area (TPSA) is 48.1 Å². The van der Waals surface area contributed by atoms with Crippen LogP contribution < -0.4 is 9.64 Å². The van der Waals surface area contributed by atoms with E-state index < -0.39 is 0 Å². The van der Waals surface area contributed by atoms with Gasteiger partial charge in [0.05, 0.1) is 5.69 Å². The molecule has 7 heteroatoms. The zero-order chi connectivity index (χ0) is 28.2. The van der Waals surface area contributed by atoms with E-state index in [4.69, 9.17) is 9.72 Å². The monoisotopic (exact) mass is 732 g/mol. The van der Waals surface area contributed by atoms with Crippen LogP contribution in [0.1, 0.15) is 25.0 Å². The molecule has 6 aromatic rings. The summed E-state index contributed by atoms with van der Waals surface area (Å²) in [6, 6.07) is 37.6. The molecule has 0 spiro atoms. The van der Waals surface area contributed by atoms with Crippen molar-refractivity contribution in [1.29, 1.82) is 0 Å². The minimum atomic E-state index is 0. The Balaban J connectivity index is 0.00000353. The number of para-hydroxylation sites is 2. The molecule has 212 valence electrons. The van der Waals surface area contributed by atoms with Crippen molar-refractivity contribution in [3.63, 3.8) is 0 Å². The molecule has 42 heavy (non-hydrogen) atoms. The number of ether oxygens (including phenoxy) is 1. The van der Waals surface area contributed by atoms with Gasteiger partial charge in [0.25, 0.3) is 6.01 Å². The molecule has 0 atom stereocenters. The minimum Gasteiger partial charge on any atom is -0.453 e. The third kappa shape index (κ3) is 5.81. The molecule has 0 radical (unpaired) electrons. The van der Waals surface area contributed by atoms with Crippen LogP contribution in [0.2, 0.25) is 0 Å². The summed E-state index contributed by atoms with van der Waals surface area (Å²) in [5.41, 5.74) is 7.06. The number of benzene rings is 4. The van der Waals surface area contributed by atoms with Gasteiger partial charge in [-0.2, -0.15) is 6.07 Å². The molecule has 0 N–H and O–H groups in total. The van der Waals surface area contributed by atoms with Gasteiger partial charge >= 0.3 is 21.1 Å². The molecule has 6 nitrogen and oxygen atoms in total. The third-order valence-corrected chi connectivity index (χ3v) is 7.07. The van der Waals surface area contributed by atoms with E-state index in [1.54, 1.807) is 6.20 Å². The van der Waals surface area contributed by atoms with Crippen LogP contribution in [0.5, 0.6) is 11.8 Å². The molecule has 0 saturated carbocycles. The number of anilines is 3. The Morgan fingerprint density at radius 2 is 1.60 bits per heavy atom. The molecule has 0 amide bonds. The van der Waals surface area contributed by atoms with Crippen LogP contribution in [0.3, 0.4) is 0 Å². The van der Waals surface area contributed by atoms with Gasteiger partial charge in [0.2, 0.25) is 5.95 Å². The van der Waals surface area contributed by atoms with Crippen molar-refractivity contribution in [2.75, 3.05) is 4.90 Å². The van der Waals surface area contributed by atoms with Crippen LogP contribution >= 0.6 is 0 Å². The van der Waals surface area contributed by atoms with Gasteiger partial charge in [0, 0.05) is 36.6 Å². The van der Waals surface area contributed by atoms with E-state index in [9.17, 15) is 0 Å². The van der Waals surface area contributed by atoms with Crippen LogP contribution in [0.25, 0.3) is 16.9 Å². The summed E-state index contributed by atoms with van der Waals surface area (Å²) in [6.07, 6.45) is 7.56. The second-order valence-corrected chi connectivity index (χ2v) is 9.70. The van der Waals surface area contributed by atoms with E-state index in [-0.39, 0.29) is 21.1 Å². The molecule has 4 aromatic carbocycles. The molecule has 0 aliphatic carbocycles. The first-order valence-corrected chi connectivity index (χ1v) is 13.9. The third-order valence-electron chi connectivity index (χ3n) is 7.07. The molecule has 0 aliphatic heterocycles. The first-order chi connectivity index (χ1) is 20.2. The second-order valence-electron chi connectivity index (χ2n) is 9.70. The average molecular weight is 733 g/mol. The van der Waals surface area contributed by atoms with Crippen molar-refractivity contribution >= 4 is 17.3 Å². The van der Waals surface area contributed by atoms with Crippen LogP contribution in [0.15, 0.2) is 110 Å². The van der Waals surface area contributed by atoms with E-state index in [2.05, 4.69) is 70.8 Å². The summed E-state index contributed by atoms with van der Waals surface area (Å²) in [4.78, 5) is 11.6. The van der Waals surface area contributed by atoms with Crippen molar-refractivity contribution < 1.29 is 25.8 Å². The fraction of sp³-hybridized carbons (Fsp3) is 0.143. The van der Waals surface area contributed by atoms with Crippen LogP contribution in [-0.4, -0.2) is 19.1 Å². The summed E-state index contributed by atoms with van der Waals surface area (Å²) in [5, 5.41) is 0. The zero-order valence-electron chi connectivity index (χ0n) is 23.8. The van der Waals surface area contributed by atoms with E-state index in [0.29, 0.717) is 11.8 Å². The van der Waals surface area contributed by atoms with Crippen LogP contribution in [0.4, 0.5) is 17.3 Å². The summed E-state index contributed by atoms with van der Waals surface area (Å²) in [5.74, 6) is 1.33. The predicted octanol–water partition coefficient (Wildman–Crippen LogP) is 8.26. The van der Waals surface area contributed by atoms with Gasteiger partial charge in [-0.1, -0.05) is 55.9 Å². The van der Waals surface area contributed by atoms with Crippen molar-refractivity contribution in [3.05, 3.63) is 133 Å². The standard InChI is InChI=1S/C35H31N5O.Pt/c1-4-26-16-12-17-27(5-2)33(26)39-25-32(28-14-8-6-9-15-28)37-35(39)41-31-21-13-20-30(24-31)40(29-18-10-7-11-19-29)34-36-22-23-38(34)3;/h6-14,16-23,25H,4-5H2,1-3H3;/q-2;+2. The zero-order valence-corrected chi connectivity index (χ0v) is 26.0. The molecule has 0 bridgehead atoms. The molecule has 2 aromatic heterocycles. The minimum absolute atomic E-state index is 0. The van der Waals surface area contributed by atoms with Crippen LogP contribution in [-0.2, 0) is 41.0 Å². The van der Waals surface area contributed by atoms with Crippen molar-refractivity contribution in [2.45, 2.75) is 26.7 Å². The quantitative estimate of drug-likeness (QED) is 0.141. The number of aryl methyl sites for hydroxylation is 3. The maximum atomic E-state index is 6.57. The van der Waals surface area contributed by atoms with Crippen molar-refractivity contribution in [1.82, 2.24) is 19.1 Å². The fourth-order valence-corrected chi connectivity index (χ4v) is 5.04. The molecule has 2 heterocycles. The number of aromatic nitrogens is 4. The van der Waals surface area contributed by atoms with Crippen molar-refractivity contribution in [3.8, 4) is 28.7 Å². The van der Waals surface area contributed by atoms with Gasteiger partial charge in [-0.25, -0.2) is 9.97 Å². The number of hydrogen-bond acceptors (Lipinski definition) is 4. The van der Waals surface area contributed by atoms with E-state index in [0.717, 1.165) is 47.1 Å². The first kappa shape index (κ1) is 29.1. The van der Waals surface area contributed by atoms with Gasteiger partial charge < -0.3 is 14.2 Å². The Bertz CT molecular complexity index is 1740. The Kier molecular flexibility index (Phi) is 9.04. The smallest absolute Gasteiger partial charge is 0.453 e. The van der Waals surface area contributed by atoms with Gasteiger partial charge in [0.1, 0.15) is 0 Å². The van der Waals surface area contributed by atoms with Gasteiger partial charge in [-0.3, -0.25) is 4.57 Å². The summed E-state index contributed by atoms with van der Waals surface area (Å²) in [6.45, 7) is 4.35. The largest absolute Gasteiger partial charge is 2.00 e. The average Bonchev–Trinajstić information content (AvgIpc) is 3.64. The Morgan fingerprint density at radius 3 is 2.26 bits per heavy atom. The Morgan fingerprint density at radius 1 is 0.857 bits per heavy atom. The maximum Gasteiger partial charge on any atom is 2.00 e. The van der Waals surface area contributed by atoms with Gasteiger partial charge in [0.15, 0.2) is 0 Å². The maximum absolute atomic E-state index is 6.57. The van der Waals surface area contributed by atoms with Gasteiger partial charge in [-0.15, -0.1) is 54.1 Å². The Labute approximate surface area is 261 Å². The molecular weight excluding hydrogens is 701 g/mol. The van der Waals surface area contributed by atoms with Gasteiger partial charge in [-0.05, 0) is 42.3 Å². The number of imidazole rings is 2. The molecule has 0 saturated heterocycles. The first-order valence-electron chi connectivity index (χ1n) is 13.9.